The molecule has 0 saturated carbocycles. The zero-order valence-corrected chi connectivity index (χ0v) is 8.25. The first-order chi connectivity index (χ1) is 7.16. The summed E-state index contributed by atoms with van der Waals surface area (Å²) in [7, 11) is 0. The second kappa shape index (κ2) is 3.66. The molecule has 0 aliphatic rings. The van der Waals surface area contributed by atoms with Gasteiger partial charge in [0.25, 0.3) is 0 Å². The molecule has 0 saturated heterocycles. The van der Waals surface area contributed by atoms with Crippen LogP contribution in [0.25, 0.3) is 11.4 Å². The molecule has 0 amide bonds. The molecule has 6 heteroatoms. The minimum Gasteiger partial charge on any atom is -0.478 e. The molecule has 0 bridgehead atoms. The zero-order chi connectivity index (χ0) is 10.8. The predicted octanol–water partition coefficient (Wildman–Crippen LogP) is 1.20. The van der Waals surface area contributed by atoms with Crippen LogP contribution in [-0.2, 0) is 0 Å². The summed E-state index contributed by atoms with van der Waals surface area (Å²) in [4.78, 5) is 23.7. The van der Waals surface area contributed by atoms with Crippen molar-refractivity contribution in [2.24, 2.45) is 0 Å². The Kier molecular flexibility index (Phi) is 2.34. The number of aromatic amines is 1. The number of carbonyl (C=O) groups is 1. The van der Waals surface area contributed by atoms with E-state index in [1.807, 2.05) is 0 Å². The minimum absolute atomic E-state index is 0.205. The van der Waals surface area contributed by atoms with E-state index in [0.717, 1.165) is 11.5 Å². The third-order valence-electron chi connectivity index (χ3n) is 1.85. The van der Waals surface area contributed by atoms with E-state index in [9.17, 15) is 9.59 Å². The Bertz CT molecular complexity index is 541. The summed E-state index contributed by atoms with van der Waals surface area (Å²) >= 11 is 0.832. The maximum absolute atomic E-state index is 10.8. The van der Waals surface area contributed by atoms with Crippen molar-refractivity contribution in [2.75, 3.05) is 0 Å². The number of benzene rings is 1. The lowest BCUT2D eigenvalue weighted by Gasteiger charge is -1.96. The highest BCUT2D eigenvalue weighted by Gasteiger charge is 2.05. The first-order valence-electron chi connectivity index (χ1n) is 4.06. The fourth-order valence-electron chi connectivity index (χ4n) is 1.12. The first-order valence-corrected chi connectivity index (χ1v) is 4.84. The molecule has 1 aromatic heterocycles. The maximum atomic E-state index is 10.8. The Morgan fingerprint density at radius 2 is 2.00 bits per heavy atom. The van der Waals surface area contributed by atoms with Gasteiger partial charge in [0.2, 0.25) is 0 Å². The van der Waals surface area contributed by atoms with Gasteiger partial charge in [-0.2, -0.15) is 4.37 Å². The highest BCUT2D eigenvalue weighted by atomic mass is 32.1. The highest BCUT2D eigenvalue weighted by Crippen LogP contribution is 2.14. The van der Waals surface area contributed by atoms with E-state index in [1.54, 1.807) is 12.1 Å². The summed E-state index contributed by atoms with van der Waals surface area (Å²) in [5.41, 5.74) is 0.898. The molecule has 0 radical (unpaired) electrons. The molecule has 2 rings (SSSR count). The van der Waals surface area contributed by atoms with Crippen LogP contribution in [0.4, 0.5) is 0 Å². The van der Waals surface area contributed by atoms with Crippen LogP contribution in [0.3, 0.4) is 0 Å². The van der Waals surface area contributed by atoms with Crippen LogP contribution in [0.2, 0.25) is 0 Å². The van der Waals surface area contributed by atoms with Gasteiger partial charge in [0.1, 0.15) is 0 Å². The number of aromatic nitrogens is 2. The Morgan fingerprint density at radius 3 is 2.47 bits per heavy atom. The molecule has 0 unspecified atom stereocenters. The SMILES string of the molecule is O=C(O)c1ccc(-c2nsc(=O)[nH]2)cc1. The molecule has 2 aromatic rings. The van der Waals surface area contributed by atoms with Gasteiger partial charge in [-0.05, 0) is 12.1 Å². The van der Waals surface area contributed by atoms with Crippen molar-refractivity contribution < 1.29 is 9.90 Å². The number of carboxylic acids is 1. The normalized spacial score (nSPS) is 10.1. The van der Waals surface area contributed by atoms with E-state index in [0.29, 0.717) is 11.4 Å². The van der Waals surface area contributed by atoms with Crippen molar-refractivity contribution in [1.29, 1.82) is 0 Å². The van der Waals surface area contributed by atoms with E-state index in [2.05, 4.69) is 9.36 Å². The number of carboxylic acid groups (broad SMARTS) is 1. The average molecular weight is 222 g/mol. The predicted molar refractivity (Wildman–Crippen MR) is 55.1 cm³/mol. The average Bonchev–Trinajstić information content (AvgIpc) is 2.65. The molecule has 2 N–H and O–H groups in total. The van der Waals surface area contributed by atoms with Crippen LogP contribution in [0.5, 0.6) is 0 Å². The van der Waals surface area contributed by atoms with E-state index >= 15 is 0 Å². The Balaban J connectivity index is 2.39. The summed E-state index contributed by atoms with van der Waals surface area (Å²) in [6.07, 6.45) is 0. The van der Waals surface area contributed by atoms with Gasteiger partial charge < -0.3 is 5.11 Å². The van der Waals surface area contributed by atoms with Crippen molar-refractivity contribution in [1.82, 2.24) is 9.36 Å². The smallest absolute Gasteiger partial charge is 0.335 e. The Morgan fingerprint density at radius 1 is 1.33 bits per heavy atom. The van der Waals surface area contributed by atoms with Gasteiger partial charge in [-0.3, -0.25) is 9.78 Å². The fourth-order valence-corrected chi connectivity index (χ4v) is 1.59. The Labute approximate surface area is 88.2 Å². The Hall–Kier alpha value is -1.95. The molecule has 0 fully saturated rings. The molecular weight excluding hydrogens is 216 g/mol. The van der Waals surface area contributed by atoms with Gasteiger partial charge in [0.05, 0.1) is 5.56 Å². The van der Waals surface area contributed by atoms with Crippen molar-refractivity contribution in [2.45, 2.75) is 0 Å². The van der Waals surface area contributed by atoms with Crippen molar-refractivity contribution in [3.63, 3.8) is 0 Å². The van der Waals surface area contributed by atoms with Crippen LogP contribution in [0.15, 0.2) is 29.1 Å². The summed E-state index contributed by atoms with van der Waals surface area (Å²) < 4.78 is 3.89. The van der Waals surface area contributed by atoms with E-state index in [4.69, 9.17) is 5.11 Å². The number of H-pyrrole nitrogens is 1. The number of rotatable bonds is 2. The fraction of sp³-hybridized carbons (Fsp3) is 0. The lowest BCUT2D eigenvalue weighted by Crippen LogP contribution is -1.96. The van der Waals surface area contributed by atoms with Crippen LogP contribution in [-0.4, -0.2) is 20.4 Å². The van der Waals surface area contributed by atoms with E-state index in [1.165, 1.54) is 12.1 Å². The molecule has 0 spiro atoms. The maximum Gasteiger partial charge on any atom is 0.335 e. The third-order valence-corrected chi connectivity index (χ3v) is 2.39. The van der Waals surface area contributed by atoms with Gasteiger partial charge >= 0.3 is 10.8 Å². The van der Waals surface area contributed by atoms with Crippen LogP contribution >= 0.6 is 11.5 Å². The molecular formula is C9H6N2O3S. The van der Waals surface area contributed by atoms with E-state index in [-0.39, 0.29) is 10.4 Å². The second-order valence-corrected chi connectivity index (χ2v) is 3.56. The minimum atomic E-state index is -0.978. The van der Waals surface area contributed by atoms with E-state index < -0.39 is 5.97 Å². The highest BCUT2D eigenvalue weighted by molar-refractivity contribution is 7.03. The summed E-state index contributed by atoms with van der Waals surface area (Å²) in [6.45, 7) is 0. The zero-order valence-electron chi connectivity index (χ0n) is 7.43. The molecule has 1 heterocycles. The van der Waals surface area contributed by atoms with Crippen molar-refractivity contribution in [3.05, 3.63) is 39.5 Å². The standard InChI is InChI=1S/C9H6N2O3S/c12-8(13)6-3-1-5(2-4-6)7-10-9(14)15-11-7/h1-4H,(H,12,13)(H,10,11,14). The van der Waals surface area contributed by atoms with Gasteiger partial charge in [0, 0.05) is 17.1 Å². The van der Waals surface area contributed by atoms with Crippen LogP contribution in [0.1, 0.15) is 10.4 Å². The van der Waals surface area contributed by atoms with Crippen molar-refractivity contribution in [3.8, 4) is 11.4 Å². The molecule has 1 aromatic carbocycles. The van der Waals surface area contributed by atoms with Gasteiger partial charge in [-0.25, -0.2) is 4.79 Å². The monoisotopic (exact) mass is 222 g/mol. The number of nitrogens with one attached hydrogen (secondary N) is 1. The largest absolute Gasteiger partial charge is 0.478 e. The number of hydrogen-bond acceptors (Lipinski definition) is 4. The third kappa shape index (κ3) is 1.94. The summed E-state index contributed by atoms with van der Waals surface area (Å²) in [5, 5.41) is 8.68. The number of nitrogens with zero attached hydrogens (tertiary/aromatic N) is 1. The topological polar surface area (TPSA) is 83.0 Å². The number of aromatic carboxylic acids is 1. The molecule has 76 valence electrons. The second-order valence-electron chi connectivity index (χ2n) is 2.83. The molecule has 0 atom stereocenters. The molecule has 5 nitrogen and oxygen atoms in total. The van der Waals surface area contributed by atoms with Gasteiger partial charge in [0.15, 0.2) is 5.82 Å². The quantitative estimate of drug-likeness (QED) is 0.799. The molecule has 0 aliphatic carbocycles. The van der Waals surface area contributed by atoms with Gasteiger partial charge in [-0.15, -0.1) is 0 Å². The van der Waals surface area contributed by atoms with Crippen LogP contribution < -0.4 is 4.87 Å². The van der Waals surface area contributed by atoms with Crippen molar-refractivity contribution >= 4 is 17.5 Å². The van der Waals surface area contributed by atoms with Gasteiger partial charge in [-0.1, -0.05) is 12.1 Å². The summed E-state index contributed by atoms with van der Waals surface area (Å²) in [5.74, 6) is -0.518. The molecule has 15 heavy (non-hydrogen) atoms. The molecule has 0 aliphatic heterocycles. The first kappa shape index (κ1) is 9.60. The van der Waals surface area contributed by atoms with Crippen LogP contribution in [0, 0.1) is 0 Å². The number of hydrogen-bond donors (Lipinski definition) is 2. The lowest BCUT2D eigenvalue weighted by atomic mass is 10.1. The summed E-state index contributed by atoms with van der Waals surface area (Å²) in [6, 6.07) is 6.15. The lowest BCUT2D eigenvalue weighted by molar-refractivity contribution is 0.0697.